The molecule has 2 unspecified atom stereocenters. The topological polar surface area (TPSA) is 129 Å². The molecule has 0 spiro atoms. The van der Waals surface area contributed by atoms with Crippen molar-refractivity contribution in [1.29, 1.82) is 0 Å². The SMILES string of the molecule is COc1nccc(N2CC(Cn3c(-c4cc5cccnc5n4CC4CC4)nc4cc(C(=O)N5CC6CCC5[C@@H]6N)cc(OC)c43)C2)n1. The molecule has 2 saturated heterocycles. The number of benzene rings is 1. The zero-order valence-electron chi connectivity index (χ0n) is 26.7. The molecule has 9 rings (SSSR count). The molecule has 2 aliphatic heterocycles. The van der Waals surface area contributed by atoms with E-state index in [4.69, 9.17) is 25.2 Å². The molecule has 0 radical (unpaired) electrons. The molecule has 4 aromatic heterocycles. The zero-order chi connectivity index (χ0) is 31.8. The molecule has 4 fully saturated rings. The average molecular weight is 634 g/mol. The maximum Gasteiger partial charge on any atom is 0.318 e. The lowest BCUT2D eigenvalue weighted by atomic mass is 10.00. The van der Waals surface area contributed by atoms with E-state index in [1.165, 1.54) is 12.8 Å². The van der Waals surface area contributed by atoms with Gasteiger partial charge in [0.2, 0.25) is 0 Å². The number of ether oxygens (including phenoxy) is 2. The van der Waals surface area contributed by atoms with Crippen molar-refractivity contribution in [2.75, 3.05) is 38.8 Å². The molecule has 1 aromatic carbocycles. The van der Waals surface area contributed by atoms with Gasteiger partial charge in [-0.3, -0.25) is 4.79 Å². The van der Waals surface area contributed by atoms with Crippen molar-refractivity contribution in [2.45, 2.75) is 50.9 Å². The third kappa shape index (κ3) is 4.71. The van der Waals surface area contributed by atoms with Crippen LogP contribution < -0.4 is 20.1 Å². The summed E-state index contributed by atoms with van der Waals surface area (Å²) in [4.78, 5) is 37.0. The van der Waals surface area contributed by atoms with Gasteiger partial charge in [-0.25, -0.2) is 15.0 Å². The number of nitrogens with two attached hydrogens (primary N) is 1. The van der Waals surface area contributed by atoms with Crippen molar-refractivity contribution >= 4 is 33.8 Å². The van der Waals surface area contributed by atoms with Gasteiger partial charge in [0.15, 0.2) is 5.82 Å². The number of hydrogen-bond acceptors (Lipinski definition) is 9. The number of fused-ring (bicyclic) bond motifs is 4. The van der Waals surface area contributed by atoms with E-state index >= 15 is 0 Å². The Morgan fingerprint density at radius 3 is 2.51 bits per heavy atom. The van der Waals surface area contributed by atoms with Crippen LogP contribution in [0.25, 0.3) is 33.6 Å². The van der Waals surface area contributed by atoms with Crippen LogP contribution >= 0.6 is 0 Å². The molecule has 2 N–H and O–H groups in total. The van der Waals surface area contributed by atoms with Crippen LogP contribution in [0.15, 0.2) is 48.8 Å². The lowest BCUT2D eigenvalue weighted by Gasteiger charge is -2.40. The number of hydrogen-bond donors (Lipinski definition) is 1. The molecule has 3 atom stereocenters. The van der Waals surface area contributed by atoms with Gasteiger partial charge in [0.1, 0.15) is 22.7 Å². The van der Waals surface area contributed by atoms with E-state index in [0.29, 0.717) is 35.1 Å². The number of amides is 1. The third-order valence-corrected chi connectivity index (χ3v) is 10.7. The highest BCUT2D eigenvalue weighted by Crippen LogP contribution is 2.41. The number of methoxy groups -OCH3 is 2. The van der Waals surface area contributed by atoms with Crippen molar-refractivity contribution in [1.82, 2.24) is 34.0 Å². The van der Waals surface area contributed by atoms with Crippen LogP contribution in [0.4, 0.5) is 5.82 Å². The minimum Gasteiger partial charge on any atom is -0.494 e. The van der Waals surface area contributed by atoms with Gasteiger partial charge in [-0.15, -0.1) is 0 Å². The number of piperidine rings is 1. The predicted octanol–water partition coefficient (Wildman–Crippen LogP) is 3.97. The second-order valence-corrected chi connectivity index (χ2v) is 13.7. The highest BCUT2D eigenvalue weighted by Gasteiger charge is 2.47. The number of carbonyl (C=O) groups excluding carboxylic acids is 1. The molecule has 5 aromatic rings. The van der Waals surface area contributed by atoms with Crippen LogP contribution in [0.2, 0.25) is 0 Å². The summed E-state index contributed by atoms with van der Waals surface area (Å²) in [6, 6.07) is 12.6. The number of imidazole rings is 1. The van der Waals surface area contributed by atoms with Crippen LogP contribution in [-0.2, 0) is 13.1 Å². The van der Waals surface area contributed by atoms with Crippen molar-refractivity contribution in [3.05, 3.63) is 54.4 Å². The first-order valence-electron chi connectivity index (χ1n) is 16.7. The molecule has 4 aliphatic rings. The molecule has 12 heteroatoms. The molecule has 1 amide bonds. The molecule has 6 heterocycles. The predicted molar refractivity (Wildman–Crippen MR) is 178 cm³/mol. The number of anilines is 1. The highest BCUT2D eigenvalue weighted by molar-refractivity contribution is 6.00. The first kappa shape index (κ1) is 28.5. The van der Waals surface area contributed by atoms with E-state index in [-0.39, 0.29) is 18.0 Å². The summed E-state index contributed by atoms with van der Waals surface area (Å²) in [5.74, 6) is 3.76. The van der Waals surface area contributed by atoms with Crippen molar-refractivity contribution in [3.8, 4) is 23.3 Å². The second-order valence-electron chi connectivity index (χ2n) is 13.7. The standard InChI is InChI=1S/C35H39N9O3/c1-46-28-14-24(34(45)43-19-23-7-8-26(43)30(23)36)12-25-31(28)44(18-21-15-41(16-21)29-9-11-38-35(40-29)47-2)33(39-25)27-13-22-4-3-10-37-32(22)42(27)17-20-5-6-20/h3-4,9-14,20-21,23,26,30H,5-8,15-19,36H2,1-2H3/t23?,26?,30-/m1/s1. The van der Waals surface area contributed by atoms with Gasteiger partial charge in [-0.1, -0.05) is 0 Å². The van der Waals surface area contributed by atoms with Crippen molar-refractivity contribution in [2.24, 2.45) is 23.5 Å². The summed E-state index contributed by atoms with van der Waals surface area (Å²) in [6.45, 7) is 4.03. The van der Waals surface area contributed by atoms with Gasteiger partial charge in [0, 0.05) is 74.1 Å². The Morgan fingerprint density at radius 2 is 1.77 bits per heavy atom. The Hall–Kier alpha value is -4.71. The minimum absolute atomic E-state index is 0.00547. The number of aromatic nitrogens is 6. The fraction of sp³-hybridized carbons (Fsp3) is 0.457. The van der Waals surface area contributed by atoms with Crippen molar-refractivity contribution < 1.29 is 14.3 Å². The van der Waals surface area contributed by atoms with Crippen LogP contribution in [0, 0.1) is 17.8 Å². The molecule has 2 saturated carbocycles. The second kappa shape index (κ2) is 10.9. The van der Waals surface area contributed by atoms with Gasteiger partial charge in [0.25, 0.3) is 5.91 Å². The molecular weight excluding hydrogens is 594 g/mol. The summed E-state index contributed by atoms with van der Waals surface area (Å²) < 4.78 is 15.9. The van der Waals surface area contributed by atoms with E-state index in [1.807, 2.05) is 35.4 Å². The Morgan fingerprint density at radius 1 is 0.915 bits per heavy atom. The zero-order valence-corrected chi connectivity index (χ0v) is 26.7. The lowest BCUT2D eigenvalue weighted by molar-refractivity contribution is 0.0700. The summed E-state index contributed by atoms with van der Waals surface area (Å²) in [5.41, 5.74) is 10.7. The minimum atomic E-state index is 0.00547. The average Bonchev–Trinajstić information content (AvgIpc) is 3.44. The normalized spacial score (nSPS) is 22.4. The Labute approximate surface area is 272 Å². The molecule has 12 nitrogen and oxygen atoms in total. The maximum atomic E-state index is 13.9. The van der Waals surface area contributed by atoms with Crippen molar-refractivity contribution in [3.63, 3.8) is 0 Å². The van der Waals surface area contributed by atoms with Crippen LogP contribution in [0.3, 0.4) is 0 Å². The Balaban J connectivity index is 1.13. The molecule has 47 heavy (non-hydrogen) atoms. The first-order valence-corrected chi connectivity index (χ1v) is 16.7. The summed E-state index contributed by atoms with van der Waals surface area (Å²) in [7, 11) is 3.26. The van der Waals surface area contributed by atoms with Gasteiger partial charge in [-0.05, 0) is 73.9 Å². The number of nitrogens with zero attached hydrogens (tertiary/aromatic N) is 8. The van der Waals surface area contributed by atoms with E-state index in [0.717, 1.165) is 85.0 Å². The summed E-state index contributed by atoms with van der Waals surface area (Å²) >= 11 is 0. The van der Waals surface area contributed by atoms with E-state index in [9.17, 15) is 4.79 Å². The monoisotopic (exact) mass is 633 g/mol. The maximum absolute atomic E-state index is 13.9. The van der Waals surface area contributed by atoms with Gasteiger partial charge < -0.3 is 34.1 Å². The smallest absolute Gasteiger partial charge is 0.318 e. The van der Waals surface area contributed by atoms with Gasteiger partial charge in [-0.2, -0.15) is 4.98 Å². The fourth-order valence-electron chi connectivity index (χ4n) is 8.08. The Bertz CT molecular complexity index is 2010. The van der Waals surface area contributed by atoms with Crippen LogP contribution in [0.5, 0.6) is 11.8 Å². The molecule has 242 valence electrons. The molecule has 2 aliphatic carbocycles. The van der Waals surface area contributed by atoms with Crippen LogP contribution in [-0.4, -0.2) is 85.8 Å². The first-order chi connectivity index (χ1) is 23.0. The van der Waals surface area contributed by atoms with Gasteiger partial charge >= 0.3 is 6.01 Å². The van der Waals surface area contributed by atoms with Crippen LogP contribution in [0.1, 0.15) is 36.0 Å². The lowest BCUT2D eigenvalue weighted by Crippen LogP contribution is -2.49. The summed E-state index contributed by atoms with van der Waals surface area (Å²) in [6.07, 6.45) is 8.12. The van der Waals surface area contributed by atoms with E-state index in [1.54, 1.807) is 20.4 Å². The highest BCUT2D eigenvalue weighted by atomic mass is 16.5. The molecular formula is C35H39N9O3. The van der Waals surface area contributed by atoms with E-state index < -0.39 is 0 Å². The Kier molecular flexibility index (Phi) is 6.63. The number of rotatable bonds is 9. The van der Waals surface area contributed by atoms with E-state index in [2.05, 4.69) is 36.1 Å². The third-order valence-electron chi connectivity index (χ3n) is 10.7. The quantitative estimate of drug-likeness (QED) is 0.256. The number of likely N-dealkylation sites (tertiary alicyclic amines) is 1. The largest absolute Gasteiger partial charge is 0.494 e. The fourth-order valence-corrected chi connectivity index (χ4v) is 8.08. The molecule has 2 bridgehead atoms. The number of carbonyl (C=O) groups is 1. The summed E-state index contributed by atoms with van der Waals surface area (Å²) in [5, 5.41) is 1.09. The number of pyridine rings is 1. The van der Waals surface area contributed by atoms with Gasteiger partial charge in [0.05, 0.1) is 25.4 Å².